The second-order valence-electron chi connectivity index (χ2n) is 2.88. The number of nitrogens with zero attached hydrogens (tertiary/aromatic N) is 6. The first kappa shape index (κ1) is 9.23. The second-order valence-corrected chi connectivity index (χ2v) is 2.88. The van der Waals surface area contributed by atoms with Crippen LogP contribution in [0.2, 0.25) is 0 Å². The zero-order valence-electron chi connectivity index (χ0n) is 7.85. The molecule has 0 N–H and O–H groups in total. The number of azide groups is 1. The van der Waals surface area contributed by atoms with Gasteiger partial charge in [0.1, 0.15) is 0 Å². The average molecular weight is 200 g/mol. The van der Waals surface area contributed by atoms with Crippen molar-refractivity contribution < 1.29 is 0 Å². The van der Waals surface area contributed by atoms with Crippen molar-refractivity contribution in [1.29, 1.82) is 0 Å². The summed E-state index contributed by atoms with van der Waals surface area (Å²) in [5, 5.41) is 11.2. The summed E-state index contributed by atoms with van der Waals surface area (Å²) in [7, 11) is 0. The molecule has 6 heteroatoms. The maximum Gasteiger partial charge on any atom is 0.0889 e. The molecule has 0 amide bonds. The van der Waals surface area contributed by atoms with E-state index in [4.69, 9.17) is 5.53 Å². The van der Waals surface area contributed by atoms with Crippen molar-refractivity contribution in [2.75, 3.05) is 0 Å². The Bertz CT molecular complexity index is 482. The Morgan fingerprint density at radius 3 is 2.87 bits per heavy atom. The molecule has 0 radical (unpaired) electrons. The molecule has 1 aromatic heterocycles. The molecule has 15 heavy (non-hydrogen) atoms. The smallest absolute Gasteiger partial charge is 0.0889 e. The first-order valence-corrected chi connectivity index (χ1v) is 4.37. The highest BCUT2D eigenvalue weighted by Crippen LogP contribution is 2.05. The minimum Gasteiger partial charge on any atom is -0.220 e. The Labute approximate surface area is 85.8 Å². The third kappa shape index (κ3) is 2.12. The van der Waals surface area contributed by atoms with Gasteiger partial charge >= 0.3 is 0 Å². The highest BCUT2D eigenvalue weighted by Gasteiger charge is 2.00. The van der Waals surface area contributed by atoms with Crippen LogP contribution in [0.15, 0.2) is 41.6 Å². The highest BCUT2D eigenvalue weighted by molar-refractivity contribution is 5.29. The normalized spacial score (nSPS) is 9.60. The van der Waals surface area contributed by atoms with Crippen LogP contribution in [0.5, 0.6) is 0 Å². The largest absolute Gasteiger partial charge is 0.220 e. The predicted octanol–water partition coefficient (Wildman–Crippen LogP) is 2.08. The monoisotopic (exact) mass is 200 g/mol. The van der Waals surface area contributed by atoms with E-state index < -0.39 is 0 Å². The summed E-state index contributed by atoms with van der Waals surface area (Å²) in [4.78, 5) is 2.66. The fourth-order valence-electron chi connectivity index (χ4n) is 1.18. The summed E-state index contributed by atoms with van der Waals surface area (Å²) in [6.07, 6.45) is 1.74. The first-order chi connectivity index (χ1) is 7.40. The van der Waals surface area contributed by atoms with Crippen LogP contribution >= 0.6 is 0 Å². The predicted molar refractivity (Wildman–Crippen MR) is 54.2 cm³/mol. The van der Waals surface area contributed by atoms with E-state index in [0.29, 0.717) is 5.69 Å². The molecule has 0 saturated heterocycles. The summed E-state index contributed by atoms with van der Waals surface area (Å²) in [6.45, 7) is 0.226. The number of rotatable bonds is 3. The highest BCUT2D eigenvalue weighted by atomic mass is 15.4. The van der Waals surface area contributed by atoms with Gasteiger partial charge in [-0.1, -0.05) is 28.5 Å². The fraction of sp³-hybridized carbons (Fsp3) is 0.111. The molecule has 0 aliphatic heterocycles. The maximum absolute atomic E-state index is 8.15. The Morgan fingerprint density at radius 2 is 2.13 bits per heavy atom. The summed E-state index contributed by atoms with van der Waals surface area (Å²) in [5.41, 5.74) is 9.73. The first-order valence-electron chi connectivity index (χ1n) is 4.37. The van der Waals surface area contributed by atoms with Crippen LogP contribution in [-0.2, 0) is 6.54 Å². The van der Waals surface area contributed by atoms with Gasteiger partial charge in [-0.15, -0.1) is 5.10 Å². The molecule has 74 valence electrons. The van der Waals surface area contributed by atoms with Crippen molar-refractivity contribution in [3.63, 3.8) is 0 Å². The van der Waals surface area contributed by atoms with E-state index in [9.17, 15) is 0 Å². The van der Waals surface area contributed by atoms with Gasteiger partial charge < -0.3 is 0 Å². The molecule has 2 aromatic rings. The zero-order chi connectivity index (χ0) is 10.5. The van der Waals surface area contributed by atoms with Crippen LogP contribution in [0.25, 0.3) is 16.1 Å². The van der Waals surface area contributed by atoms with Crippen molar-refractivity contribution in [1.82, 2.24) is 15.0 Å². The van der Waals surface area contributed by atoms with Gasteiger partial charge in [0.25, 0.3) is 0 Å². The minimum absolute atomic E-state index is 0.226. The van der Waals surface area contributed by atoms with Crippen molar-refractivity contribution in [3.8, 4) is 5.69 Å². The van der Waals surface area contributed by atoms with Gasteiger partial charge in [-0.05, 0) is 17.7 Å². The van der Waals surface area contributed by atoms with Crippen molar-refractivity contribution in [2.45, 2.75) is 6.54 Å². The number of hydrogen-bond acceptors (Lipinski definition) is 3. The van der Waals surface area contributed by atoms with Crippen LogP contribution in [-0.4, -0.2) is 15.0 Å². The molecule has 0 saturated carbocycles. The van der Waals surface area contributed by atoms with Crippen LogP contribution in [0, 0.1) is 0 Å². The SMILES string of the molecule is [N-]=[N+]=NCc1cn(-c2ccccc2)nn1. The quantitative estimate of drug-likeness (QED) is 0.432. The van der Waals surface area contributed by atoms with Gasteiger partial charge in [-0.3, -0.25) is 0 Å². The third-order valence-corrected chi connectivity index (χ3v) is 1.86. The Balaban J connectivity index is 2.24. The minimum atomic E-state index is 0.226. The van der Waals surface area contributed by atoms with E-state index in [0.717, 1.165) is 5.69 Å². The molecular weight excluding hydrogens is 192 g/mol. The Morgan fingerprint density at radius 1 is 1.33 bits per heavy atom. The summed E-state index contributed by atoms with van der Waals surface area (Å²) >= 11 is 0. The van der Waals surface area contributed by atoms with Crippen LogP contribution in [0.3, 0.4) is 0 Å². The molecule has 0 atom stereocenters. The number of aromatic nitrogens is 3. The van der Waals surface area contributed by atoms with Crippen molar-refractivity contribution in [2.24, 2.45) is 5.11 Å². The Kier molecular flexibility index (Phi) is 2.62. The number of para-hydroxylation sites is 1. The lowest BCUT2D eigenvalue weighted by Gasteiger charge is -1.96. The molecule has 2 rings (SSSR count). The van der Waals surface area contributed by atoms with Crippen LogP contribution in [0.1, 0.15) is 5.69 Å². The molecule has 0 fully saturated rings. The molecule has 0 unspecified atom stereocenters. The molecule has 0 bridgehead atoms. The fourth-order valence-corrected chi connectivity index (χ4v) is 1.18. The van der Waals surface area contributed by atoms with E-state index in [1.807, 2.05) is 30.3 Å². The molecule has 0 aliphatic rings. The molecule has 1 aromatic carbocycles. The van der Waals surface area contributed by atoms with Gasteiger partial charge in [-0.2, -0.15) is 0 Å². The number of hydrogen-bond donors (Lipinski definition) is 0. The molecule has 0 aliphatic carbocycles. The van der Waals surface area contributed by atoms with Gasteiger partial charge in [0, 0.05) is 4.91 Å². The lowest BCUT2D eigenvalue weighted by atomic mass is 10.3. The second kappa shape index (κ2) is 4.26. The van der Waals surface area contributed by atoms with E-state index in [-0.39, 0.29) is 6.54 Å². The third-order valence-electron chi connectivity index (χ3n) is 1.86. The summed E-state index contributed by atoms with van der Waals surface area (Å²) in [5.74, 6) is 0. The van der Waals surface area contributed by atoms with Crippen molar-refractivity contribution >= 4 is 0 Å². The number of benzene rings is 1. The summed E-state index contributed by atoms with van der Waals surface area (Å²) in [6, 6.07) is 9.62. The van der Waals surface area contributed by atoms with Gasteiger partial charge in [-0.25, -0.2) is 4.68 Å². The standard InChI is InChI=1S/C9H8N6/c10-13-11-6-8-7-15(14-12-8)9-4-2-1-3-5-9/h1-5,7H,6H2. The van der Waals surface area contributed by atoms with E-state index in [1.54, 1.807) is 10.9 Å². The summed E-state index contributed by atoms with van der Waals surface area (Å²) < 4.78 is 1.64. The molecular formula is C9H8N6. The van der Waals surface area contributed by atoms with Gasteiger partial charge in [0.15, 0.2) is 0 Å². The molecule has 6 nitrogen and oxygen atoms in total. The topological polar surface area (TPSA) is 79.5 Å². The van der Waals surface area contributed by atoms with E-state index in [2.05, 4.69) is 20.3 Å². The van der Waals surface area contributed by atoms with Crippen molar-refractivity contribution in [3.05, 3.63) is 52.7 Å². The lowest BCUT2D eigenvalue weighted by Crippen LogP contribution is -1.93. The lowest BCUT2D eigenvalue weighted by molar-refractivity contribution is 0.796. The average Bonchev–Trinajstić information content (AvgIpc) is 2.76. The molecule has 0 spiro atoms. The van der Waals surface area contributed by atoms with Gasteiger partial charge in [0.05, 0.1) is 24.1 Å². The zero-order valence-corrected chi connectivity index (χ0v) is 7.85. The van der Waals surface area contributed by atoms with Gasteiger partial charge in [0.2, 0.25) is 0 Å². The van der Waals surface area contributed by atoms with Crippen LogP contribution < -0.4 is 0 Å². The van der Waals surface area contributed by atoms with Crippen LogP contribution in [0.4, 0.5) is 0 Å². The van der Waals surface area contributed by atoms with E-state index >= 15 is 0 Å². The maximum atomic E-state index is 8.15. The van der Waals surface area contributed by atoms with E-state index in [1.165, 1.54) is 0 Å². The Hall–Kier alpha value is -2.33. The molecule has 1 heterocycles.